The fraction of sp³-hybridized carbons (Fsp3) is 0.273. The van der Waals surface area contributed by atoms with Crippen molar-refractivity contribution in [1.82, 2.24) is 9.97 Å². The number of pyridine rings is 1. The number of aliphatic hydroxyl groups is 1. The Morgan fingerprint density at radius 1 is 1.38 bits per heavy atom. The fourth-order valence-corrected chi connectivity index (χ4v) is 2.56. The third-order valence-electron chi connectivity index (χ3n) is 2.18. The van der Waals surface area contributed by atoms with Crippen molar-refractivity contribution in [3.8, 4) is 10.7 Å². The van der Waals surface area contributed by atoms with Gasteiger partial charge in [-0.25, -0.2) is 9.97 Å². The van der Waals surface area contributed by atoms with Gasteiger partial charge in [-0.2, -0.15) is 0 Å². The van der Waals surface area contributed by atoms with Gasteiger partial charge in [0.15, 0.2) is 0 Å². The molecule has 0 bridgehead atoms. The lowest BCUT2D eigenvalue weighted by molar-refractivity contribution is 0.276. The van der Waals surface area contributed by atoms with Crippen molar-refractivity contribution in [2.75, 3.05) is 0 Å². The van der Waals surface area contributed by atoms with Crippen LogP contribution in [0.3, 0.4) is 0 Å². The van der Waals surface area contributed by atoms with E-state index in [4.69, 9.17) is 16.7 Å². The quantitative estimate of drug-likeness (QED) is 0.857. The summed E-state index contributed by atoms with van der Waals surface area (Å²) in [6.07, 6.45) is 0.869. The maximum Gasteiger partial charge on any atom is 0.142 e. The van der Waals surface area contributed by atoms with E-state index in [1.54, 1.807) is 17.4 Å². The maximum absolute atomic E-state index is 9.16. The normalized spacial score (nSPS) is 10.7. The van der Waals surface area contributed by atoms with E-state index in [9.17, 15) is 0 Å². The van der Waals surface area contributed by atoms with Crippen molar-refractivity contribution < 1.29 is 5.11 Å². The second-order valence-electron chi connectivity index (χ2n) is 3.25. The van der Waals surface area contributed by atoms with Gasteiger partial charge in [-0.3, -0.25) is 0 Å². The Balaban J connectivity index is 2.44. The Morgan fingerprint density at radius 3 is 2.75 bits per heavy atom. The molecule has 0 saturated heterocycles. The van der Waals surface area contributed by atoms with Crippen LogP contribution in [-0.4, -0.2) is 15.1 Å². The van der Waals surface area contributed by atoms with Gasteiger partial charge in [-0.15, -0.1) is 11.3 Å². The Hall–Kier alpha value is -0.970. The second-order valence-corrected chi connectivity index (χ2v) is 4.72. The van der Waals surface area contributed by atoms with Gasteiger partial charge in [0.2, 0.25) is 0 Å². The minimum absolute atomic E-state index is 0.0275. The number of hydrogen-bond acceptors (Lipinski definition) is 4. The average Bonchev–Trinajstić information content (AvgIpc) is 2.72. The number of rotatable bonds is 3. The first-order valence-electron chi connectivity index (χ1n) is 4.97. The Bertz CT molecular complexity index is 477. The highest BCUT2D eigenvalue weighted by molar-refractivity contribution is 7.15. The molecule has 0 fully saturated rings. The van der Waals surface area contributed by atoms with Crippen LogP contribution < -0.4 is 0 Å². The van der Waals surface area contributed by atoms with Gasteiger partial charge in [-0.1, -0.05) is 24.6 Å². The molecule has 0 spiro atoms. The van der Waals surface area contributed by atoms with Crippen LogP contribution >= 0.6 is 22.9 Å². The van der Waals surface area contributed by atoms with Crippen LogP contribution in [0.4, 0.5) is 0 Å². The lowest BCUT2D eigenvalue weighted by Crippen LogP contribution is -1.88. The lowest BCUT2D eigenvalue weighted by atomic mass is 10.3. The topological polar surface area (TPSA) is 46.0 Å². The van der Waals surface area contributed by atoms with E-state index in [-0.39, 0.29) is 6.61 Å². The van der Waals surface area contributed by atoms with E-state index in [0.717, 1.165) is 27.7 Å². The molecule has 0 amide bonds. The van der Waals surface area contributed by atoms with Gasteiger partial charge in [0, 0.05) is 4.88 Å². The van der Waals surface area contributed by atoms with Crippen molar-refractivity contribution >= 4 is 22.9 Å². The number of aliphatic hydroxyl groups excluding tert-OH is 1. The van der Waals surface area contributed by atoms with Crippen molar-refractivity contribution in [2.24, 2.45) is 0 Å². The number of aromatic nitrogens is 2. The van der Waals surface area contributed by atoms with Crippen LogP contribution in [0, 0.1) is 0 Å². The predicted octanol–water partition coefficient (Wildman–Crippen LogP) is 2.91. The molecule has 0 aliphatic heterocycles. The molecule has 0 aliphatic carbocycles. The van der Waals surface area contributed by atoms with Crippen LogP contribution in [0.1, 0.15) is 17.5 Å². The van der Waals surface area contributed by atoms with Gasteiger partial charge >= 0.3 is 0 Å². The largest absolute Gasteiger partial charge is 0.390 e. The first-order valence-corrected chi connectivity index (χ1v) is 6.16. The zero-order valence-corrected chi connectivity index (χ0v) is 10.3. The van der Waals surface area contributed by atoms with Crippen LogP contribution in [0.15, 0.2) is 18.2 Å². The minimum atomic E-state index is -0.0275. The summed E-state index contributed by atoms with van der Waals surface area (Å²) < 4.78 is 0. The molecule has 1 N–H and O–H groups in total. The SMILES string of the molecule is CCc1sc(-c2cccc(Cl)n2)nc1CO. The summed E-state index contributed by atoms with van der Waals surface area (Å²) in [5.74, 6) is 0. The molecule has 0 aliphatic rings. The molecule has 2 aromatic rings. The molecule has 2 aromatic heterocycles. The molecule has 0 radical (unpaired) electrons. The Labute approximate surface area is 103 Å². The van der Waals surface area contributed by atoms with Gasteiger partial charge in [-0.05, 0) is 18.6 Å². The highest BCUT2D eigenvalue weighted by Crippen LogP contribution is 2.27. The van der Waals surface area contributed by atoms with Crippen LogP contribution in [-0.2, 0) is 13.0 Å². The first-order chi connectivity index (χ1) is 7.74. The van der Waals surface area contributed by atoms with E-state index in [2.05, 4.69) is 9.97 Å². The molecule has 16 heavy (non-hydrogen) atoms. The highest BCUT2D eigenvalue weighted by Gasteiger charge is 2.11. The molecule has 2 heterocycles. The molecule has 0 unspecified atom stereocenters. The number of halogens is 1. The summed E-state index contributed by atoms with van der Waals surface area (Å²) in [7, 11) is 0. The zero-order chi connectivity index (χ0) is 11.5. The summed E-state index contributed by atoms with van der Waals surface area (Å²) in [6.45, 7) is 2.02. The average molecular weight is 255 g/mol. The van der Waals surface area contributed by atoms with E-state index in [1.165, 1.54) is 0 Å². The van der Waals surface area contributed by atoms with Gasteiger partial charge in [0.05, 0.1) is 12.3 Å². The fourth-order valence-electron chi connectivity index (χ4n) is 1.42. The maximum atomic E-state index is 9.16. The number of thiazole rings is 1. The molecule has 3 nitrogen and oxygen atoms in total. The third-order valence-corrected chi connectivity index (χ3v) is 3.66. The predicted molar refractivity (Wildman–Crippen MR) is 65.7 cm³/mol. The lowest BCUT2D eigenvalue weighted by Gasteiger charge is -1.94. The molecular formula is C11H11ClN2OS. The van der Waals surface area contributed by atoms with E-state index in [0.29, 0.717) is 5.15 Å². The third kappa shape index (κ3) is 2.24. The number of nitrogens with zero attached hydrogens (tertiary/aromatic N) is 2. The molecule has 84 valence electrons. The van der Waals surface area contributed by atoms with Gasteiger partial charge in [0.1, 0.15) is 15.9 Å². The molecule has 0 aromatic carbocycles. The summed E-state index contributed by atoms with van der Waals surface area (Å²) in [5, 5.41) is 10.4. The first kappa shape index (κ1) is 11.5. The smallest absolute Gasteiger partial charge is 0.142 e. The standard InChI is InChI=1S/C11H11ClN2OS/c1-2-9-8(6-15)14-11(16-9)7-4-3-5-10(12)13-7/h3-5,15H,2,6H2,1H3. The molecule has 5 heteroatoms. The van der Waals surface area contributed by atoms with Crippen LogP contribution in [0.5, 0.6) is 0 Å². The molecule has 0 saturated carbocycles. The van der Waals surface area contributed by atoms with E-state index >= 15 is 0 Å². The zero-order valence-electron chi connectivity index (χ0n) is 8.77. The Morgan fingerprint density at radius 2 is 2.19 bits per heavy atom. The molecule has 2 rings (SSSR count). The molecular weight excluding hydrogens is 244 g/mol. The van der Waals surface area contributed by atoms with E-state index < -0.39 is 0 Å². The summed E-state index contributed by atoms with van der Waals surface area (Å²) >= 11 is 7.38. The monoisotopic (exact) mass is 254 g/mol. The summed E-state index contributed by atoms with van der Waals surface area (Å²) in [6, 6.07) is 5.44. The van der Waals surface area contributed by atoms with Gasteiger partial charge < -0.3 is 5.11 Å². The van der Waals surface area contributed by atoms with Crippen molar-refractivity contribution in [2.45, 2.75) is 20.0 Å². The van der Waals surface area contributed by atoms with Crippen molar-refractivity contribution in [1.29, 1.82) is 0 Å². The van der Waals surface area contributed by atoms with E-state index in [1.807, 2.05) is 19.1 Å². The minimum Gasteiger partial charge on any atom is -0.390 e. The highest BCUT2D eigenvalue weighted by atomic mass is 35.5. The van der Waals surface area contributed by atoms with Crippen LogP contribution in [0.2, 0.25) is 5.15 Å². The van der Waals surface area contributed by atoms with Crippen LogP contribution in [0.25, 0.3) is 10.7 Å². The number of hydrogen-bond donors (Lipinski definition) is 1. The van der Waals surface area contributed by atoms with Gasteiger partial charge in [0.25, 0.3) is 0 Å². The van der Waals surface area contributed by atoms with Crippen molar-refractivity contribution in [3.63, 3.8) is 0 Å². The summed E-state index contributed by atoms with van der Waals surface area (Å²) in [4.78, 5) is 9.65. The van der Waals surface area contributed by atoms with Crippen molar-refractivity contribution in [3.05, 3.63) is 33.9 Å². The Kier molecular flexibility index (Phi) is 3.53. The number of aryl methyl sites for hydroxylation is 1. The summed E-state index contributed by atoms with van der Waals surface area (Å²) in [5.41, 5.74) is 1.50. The second kappa shape index (κ2) is 4.91. The molecule has 0 atom stereocenters.